The van der Waals surface area contributed by atoms with Crippen molar-refractivity contribution in [2.75, 3.05) is 13.2 Å². The number of hydrogen-bond donors (Lipinski definition) is 1. The lowest BCUT2D eigenvalue weighted by molar-refractivity contribution is -0.0610. The van der Waals surface area contributed by atoms with E-state index in [0.717, 1.165) is 0 Å². The summed E-state index contributed by atoms with van der Waals surface area (Å²) in [6.07, 6.45) is 2.96. The molecule has 1 aliphatic rings. The Hall–Kier alpha value is -1.07. The van der Waals surface area contributed by atoms with Crippen LogP contribution in [0, 0.1) is 0 Å². The monoisotopic (exact) mass is 257 g/mol. The van der Waals surface area contributed by atoms with Gasteiger partial charge in [-0.2, -0.15) is 0 Å². The summed E-state index contributed by atoms with van der Waals surface area (Å²) < 4.78 is 11.0. The van der Waals surface area contributed by atoms with E-state index in [9.17, 15) is 4.79 Å². The van der Waals surface area contributed by atoms with Gasteiger partial charge in [0.2, 0.25) is 0 Å². The molecule has 1 fully saturated rings. The van der Waals surface area contributed by atoms with Gasteiger partial charge in [0.05, 0.1) is 19.3 Å². The van der Waals surface area contributed by atoms with Gasteiger partial charge in [-0.25, -0.2) is 4.79 Å². The highest BCUT2D eigenvalue weighted by atomic mass is 16.6. The number of ether oxygens (including phenoxy) is 2. The van der Waals surface area contributed by atoms with Crippen LogP contribution in [0.2, 0.25) is 0 Å². The first kappa shape index (κ1) is 15.0. The number of aliphatic hydroxyl groups is 1. The second-order valence-corrected chi connectivity index (χ2v) is 5.79. The van der Waals surface area contributed by atoms with Crippen LogP contribution in [-0.4, -0.2) is 46.7 Å². The highest BCUT2D eigenvalue weighted by molar-refractivity contribution is 5.70. The molecule has 0 radical (unpaired) electrons. The molecule has 1 saturated heterocycles. The Balaban J connectivity index is 2.85. The average molecular weight is 257 g/mol. The number of nitrogens with zero attached hydrogens (tertiary/aromatic N) is 1. The van der Waals surface area contributed by atoms with E-state index >= 15 is 0 Å². The second kappa shape index (κ2) is 5.28. The third kappa shape index (κ3) is 3.71. The van der Waals surface area contributed by atoms with E-state index < -0.39 is 17.4 Å². The molecule has 5 nitrogen and oxygen atoms in total. The topological polar surface area (TPSA) is 59.0 Å². The Kier molecular flexibility index (Phi) is 4.40. The number of carbonyl (C=O) groups excluding carboxylic acids is 1. The molecule has 5 heteroatoms. The van der Waals surface area contributed by atoms with Gasteiger partial charge in [-0.15, -0.1) is 0 Å². The summed E-state index contributed by atoms with van der Waals surface area (Å²) in [7, 11) is 0. The first-order valence-electron chi connectivity index (χ1n) is 6.11. The zero-order chi connectivity index (χ0) is 14.0. The van der Waals surface area contributed by atoms with Crippen LogP contribution in [0.25, 0.3) is 0 Å². The van der Waals surface area contributed by atoms with E-state index in [1.165, 1.54) is 0 Å². The van der Waals surface area contributed by atoms with Crippen LogP contribution in [0.1, 0.15) is 34.6 Å². The first-order valence-corrected chi connectivity index (χ1v) is 6.11. The molecule has 1 heterocycles. The quantitative estimate of drug-likeness (QED) is 0.768. The number of carbonyl (C=O) groups is 1. The molecule has 0 aromatic rings. The summed E-state index contributed by atoms with van der Waals surface area (Å²) in [5.41, 5.74) is -1.24. The lowest BCUT2D eigenvalue weighted by atomic mass is 10.2. The van der Waals surface area contributed by atoms with Gasteiger partial charge in [-0.05, 0) is 34.6 Å². The van der Waals surface area contributed by atoms with Crippen LogP contribution in [0.15, 0.2) is 12.2 Å². The van der Waals surface area contributed by atoms with Gasteiger partial charge in [-0.1, -0.05) is 12.2 Å². The van der Waals surface area contributed by atoms with Gasteiger partial charge >= 0.3 is 6.09 Å². The summed E-state index contributed by atoms with van der Waals surface area (Å²) in [6.45, 7) is 9.48. The Morgan fingerprint density at radius 3 is 2.67 bits per heavy atom. The molecular weight excluding hydrogens is 234 g/mol. The fourth-order valence-electron chi connectivity index (χ4n) is 1.86. The van der Waals surface area contributed by atoms with Crippen LogP contribution >= 0.6 is 0 Å². The van der Waals surface area contributed by atoms with Crippen LogP contribution < -0.4 is 0 Å². The fraction of sp³-hybridized carbons (Fsp3) is 0.769. The highest BCUT2D eigenvalue weighted by Gasteiger charge is 2.44. The smallest absolute Gasteiger partial charge is 0.413 e. The molecule has 1 rings (SSSR count). The minimum absolute atomic E-state index is 0.0565. The molecule has 0 aromatic carbocycles. The van der Waals surface area contributed by atoms with Crippen LogP contribution in [0.3, 0.4) is 0 Å². The SMILES string of the molecule is CC(C)(C)OC(=O)N1[C@@H](/C=C/CO)COC1(C)C. The molecule has 1 aliphatic heterocycles. The van der Waals surface area contributed by atoms with Crippen LogP contribution in [-0.2, 0) is 9.47 Å². The number of rotatable bonds is 2. The molecule has 1 atom stereocenters. The van der Waals surface area contributed by atoms with Crippen molar-refractivity contribution < 1.29 is 19.4 Å². The van der Waals surface area contributed by atoms with Crippen molar-refractivity contribution in [2.24, 2.45) is 0 Å². The van der Waals surface area contributed by atoms with Crippen molar-refractivity contribution in [3.8, 4) is 0 Å². The lowest BCUT2D eigenvalue weighted by Crippen LogP contribution is -2.49. The third-order valence-corrected chi connectivity index (χ3v) is 2.57. The Morgan fingerprint density at radius 2 is 2.17 bits per heavy atom. The normalized spacial score (nSPS) is 23.7. The predicted molar refractivity (Wildman–Crippen MR) is 68.1 cm³/mol. The molecular formula is C13H23NO4. The van der Waals surface area contributed by atoms with Gasteiger partial charge < -0.3 is 14.6 Å². The van der Waals surface area contributed by atoms with Crippen molar-refractivity contribution in [1.29, 1.82) is 0 Å². The lowest BCUT2D eigenvalue weighted by Gasteiger charge is -2.34. The largest absolute Gasteiger partial charge is 0.444 e. The summed E-state index contributed by atoms with van der Waals surface area (Å²) >= 11 is 0. The van der Waals surface area contributed by atoms with Gasteiger partial charge in [-0.3, -0.25) is 4.90 Å². The van der Waals surface area contributed by atoms with Gasteiger partial charge in [0.1, 0.15) is 11.3 Å². The Bertz CT molecular complexity index is 330. The predicted octanol–water partition coefficient (Wildman–Crippen LogP) is 1.91. The van der Waals surface area contributed by atoms with Crippen molar-refractivity contribution in [2.45, 2.75) is 52.0 Å². The minimum Gasteiger partial charge on any atom is -0.444 e. The average Bonchev–Trinajstić information content (AvgIpc) is 2.48. The highest BCUT2D eigenvalue weighted by Crippen LogP contribution is 2.29. The van der Waals surface area contributed by atoms with E-state index in [4.69, 9.17) is 14.6 Å². The minimum atomic E-state index is -0.702. The second-order valence-electron chi connectivity index (χ2n) is 5.79. The molecule has 0 unspecified atom stereocenters. The van der Waals surface area contributed by atoms with Crippen LogP contribution in [0.5, 0.6) is 0 Å². The Morgan fingerprint density at radius 1 is 1.56 bits per heavy atom. The first-order chi connectivity index (χ1) is 8.17. The van der Waals surface area contributed by atoms with Gasteiger partial charge in [0, 0.05) is 0 Å². The van der Waals surface area contributed by atoms with Crippen molar-refractivity contribution in [3.63, 3.8) is 0 Å². The van der Waals surface area contributed by atoms with Gasteiger partial charge in [0.25, 0.3) is 0 Å². The molecule has 0 aromatic heterocycles. The zero-order valence-electron chi connectivity index (χ0n) is 11.8. The Labute approximate surface area is 108 Å². The summed E-state index contributed by atoms with van der Waals surface area (Å²) in [5, 5.41) is 8.81. The number of aliphatic hydroxyl groups excluding tert-OH is 1. The van der Waals surface area contributed by atoms with E-state index in [0.29, 0.717) is 6.61 Å². The van der Waals surface area contributed by atoms with E-state index in [1.54, 1.807) is 17.1 Å². The number of amides is 1. The summed E-state index contributed by atoms with van der Waals surface area (Å²) in [6, 6.07) is -0.206. The maximum atomic E-state index is 12.2. The molecule has 18 heavy (non-hydrogen) atoms. The molecule has 0 spiro atoms. The fourth-order valence-corrected chi connectivity index (χ4v) is 1.86. The van der Waals surface area contributed by atoms with Crippen molar-refractivity contribution >= 4 is 6.09 Å². The van der Waals surface area contributed by atoms with Crippen molar-refractivity contribution in [3.05, 3.63) is 12.2 Å². The summed E-state index contributed by atoms with van der Waals surface area (Å²) in [5.74, 6) is 0. The summed E-state index contributed by atoms with van der Waals surface area (Å²) in [4.78, 5) is 13.7. The van der Waals surface area contributed by atoms with E-state index in [2.05, 4.69) is 0 Å². The van der Waals surface area contributed by atoms with Gasteiger partial charge in [0.15, 0.2) is 0 Å². The van der Waals surface area contributed by atoms with E-state index in [-0.39, 0.29) is 12.6 Å². The third-order valence-electron chi connectivity index (χ3n) is 2.57. The standard InChI is InChI=1S/C13H23NO4/c1-12(2,3)18-11(16)14-10(7-6-8-15)9-17-13(14,4)5/h6-7,10,15H,8-9H2,1-5H3/b7-6+/t10-/m0/s1. The molecule has 1 N–H and O–H groups in total. The molecule has 0 saturated carbocycles. The maximum Gasteiger partial charge on any atom is 0.413 e. The zero-order valence-corrected chi connectivity index (χ0v) is 11.8. The molecule has 0 aliphatic carbocycles. The maximum absolute atomic E-state index is 12.2. The molecule has 104 valence electrons. The van der Waals surface area contributed by atoms with Crippen molar-refractivity contribution in [1.82, 2.24) is 4.90 Å². The molecule has 1 amide bonds. The number of hydrogen-bond acceptors (Lipinski definition) is 4. The van der Waals surface area contributed by atoms with Crippen LogP contribution in [0.4, 0.5) is 4.79 Å². The molecule has 0 bridgehead atoms. The van der Waals surface area contributed by atoms with E-state index in [1.807, 2.05) is 34.6 Å².